The van der Waals surface area contributed by atoms with Crippen LogP contribution in [0.5, 0.6) is 11.5 Å². The molecular formula is C30H34N2O7. The van der Waals surface area contributed by atoms with Crippen LogP contribution in [0.2, 0.25) is 0 Å². The molecule has 0 spiro atoms. The number of carbonyl (C=O) groups excluding carboxylic acids is 3. The van der Waals surface area contributed by atoms with Gasteiger partial charge in [0, 0.05) is 18.2 Å². The molecule has 0 radical (unpaired) electrons. The summed E-state index contributed by atoms with van der Waals surface area (Å²) in [6, 6.07) is 23.0. The predicted molar refractivity (Wildman–Crippen MR) is 145 cm³/mol. The summed E-state index contributed by atoms with van der Waals surface area (Å²) in [6.45, 7) is 5.48. The highest BCUT2D eigenvalue weighted by Gasteiger charge is 2.26. The topological polar surface area (TPSA) is 112 Å². The van der Waals surface area contributed by atoms with E-state index in [9.17, 15) is 14.4 Å². The first-order valence-electron chi connectivity index (χ1n) is 12.5. The maximum Gasteiger partial charge on any atom is 0.408 e. The molecule has 39 heavy (non-hydrogen) atoms. The first-order valence-corrected chi connectivity index (χ1v) is 12.5. The number of hydrogen-bond acceptors (Lipinski definition) is 7. The van der Waals surface area contributed by atoms with Crippen molar-refractivity contribution in [2.75, 3.05) is 13.7 Å². The van der Waals surface area contributed by atoms with Crippen molar-refractivity contribution in [3.63, 3.8) is 0 Å². The molecule has 3 aromatic rings. The summed E-state index contributed by atoms with van der Waals surface area (Å²) in [4.78, 5) is 37.5. The number of alkyl carbamates (subject to hydrolysis) is 1. The normalized spacial score (nSPS) is 11.6. The number of benzene rings is 3. The van der Waals surface area contributed by atoms with Crippen LogP contribution in [-0.4, -0.2) is 43.3 Å². The van der Waals surface area contributed by atoms with Gasteiger partial charge in [0.25, 0.3) is 5.91 Å². The molecule has 0 bridgehead atoms. The molecule has 0 aliphatic rings. The maximum atomic E-state index is 13.1. The van der Waals surface area contributed by atoms with Crippen molar-refractivity contribution in [1.29, 1.82) is 0 Å². The average molecular weight is 535 g/mol. The summed E-state index contributed by atoms with van der Waals surface area (Å²) in [6.07, 6.45) is -0.806. The molecule has 0 fully saturated rings. The summed E-state index contributed by atoms with van der Waals surface area (Å²) >= 11 is 0. The van der Waals surface area contributed by atoms with Gasteiger partial charge in [-0.1, -0.05) is 60.7 Å². The fourth-order valence-corrected chi connectivity index (χ4v) is 3.43. The van der Waals surface area contributed by atoms with E-state index in [0.29, 0.717) is 24.7 Å². The number of amides is 2. The van der Waals surface area contributed by atoms with Crippen LogP contribution in [-0.2, 0) is 27.5 Å². The third-order valence-corrected chi connectivity index (χ3v) is 5.28. The van der Waals surface area contributed by atoms with E-state index in [4.69, 9.17) is 18.9 Å². The lowest BCUT2D eigenvalue weighted by Crippen LogP contribution is -2.50. The standard InChI is InChI=1S/C30H34N2O7/c1-30(2,3)39-29(35)32-26(28(34)36-4)18-31-27(33)23-15-24(37-19-21-11-7-5-8-12-21)17-25(16-23)38-20-22-13-9-6-10-14-22/h5-17,26H,18-20H2,1-4H3,(H,31,33)(H,32,35)/t26-/m0/s1. The van der Waals surface area contributed by atoms with Crippen LogP contribution in [0, 0.1) is 0 Å². The quantitative estimate of drug-likeness (QED) is 0.345. The van der Waals surface area contributed by atoms with Crippen LogP contribution in [0.4, 0.5) is 4.79 Å². The minimum Gasteiger partial charge on any atom is -0.489 e. The van der Waals surface area contributed by atoms with Gasteiger partial charge in [-0.05, 0) is 44.0 Å². The first-order chi connectivity index (χ1) is 18.6. The molecule has 9 nitrogen and oxygen atoms in total. The van der Waals surface area contributed by atoms with Crippen LogP contribution < -0.4 is 20.1 Å². The second-order valence-electron chi connectivity index (χ2n) is 9.67. The maximum absolute atomic E-state index is 13.1. The molecule has 206 valence electrons. The lowest BCUT2D eigenvalue weighted by molar-refractivity contribution is -0.142. The molecule has 3 rings (SSSR count). The van der Waals surface area contributed by atoms with Gasteiger partial charge in [-0.25, -0.2) is 9.59 Å². The Labute approximate surface area is 228 Å². The van der Waals surface area contributed by atoms with Gasteiger partial charge in [0.2, 0.25) is 0 Å². The molecule has 0 unspecified atom stereocenters. The van der Waals surface area contributed by atoms with Crippen molar-refractivity contribution in [2.24, 2.45) is 0 Å². The zero-order valence-corrected chi connectivity index (χ0v) is 22.6. The molecule has 0 aliphatic heterocycles. The van der Waals surface area contributed by atoms with Crippen molar-refractivity contribution >= 4 is 18.0 Å². The van der Waals surface area contributed by atoms with Gasteiger partial charge in [-0.2, -0.15) is 0 Å². The van der Waals surface area contributed by atoms with Crippen molar-refractivity contribution < 1.29 is 33.3 Å². The smallest absolute Gasteiger partial charge is 0.408 e. The van der Waals surface area contributed by atoms with Gasteiger partial charge < -0.3 is 29.6 Å². The van der Waals surface area contributed by atoms with Crippen LogP contribution in [0.15, 0.2) is 78.9 Å². The van der Waals surface area contributed by atoms with E-state index in [1.165, 1.54) is 7.11 Å². The Morgan fingerprint density at radius 3 is 1.77 bits per heavy atom. The Balaban J connectivity index is 1.74. The Bertz CT molecular complexity index is 1180. The largest absolute Gasteiger partial charge is 0.489 e. The first kappa shape index (κ1) is 29.0. The molecule has 9 heteroatoms. The highest BCUT2D eigenvalue weighted by Crippen LogP contribution is 2.25. The zero-order chi connectivity index (χ0) is 28.3. The Morgan fingerprint density at radius 2 is 1.31 bits per heavy atom. The van der Waals surface area contributed by atoms with Crippen molar-refractivity contribution in [3.05, 3.63) is 95.6 Å². The predicted octanol–water partition coefficient (Wildman–Crippen LogP) is 4.64. The minimum absolute atomic E-state index is 0.222. The van der Waals surface area contributed by atoms with Crippen LogP contribution >= 0.6 is 0 Å². The summed E-state index contributed by atoms with van der Waals surface area (Å²) < 4.78 is 21.9. The summed E-state index contributed by atoms with van der Waals surface area (Å²) in [5.41, 5.74) is 1.43. The van der Waals surface area contributed by atoms with Crippen molar-refractivity contribution in [3.8, 4) is 11.5 Å². The summed E-state index contributed by atoms with van der Waals surface area (Å²) in [7, 11) is 1.19. The Hall–Kier alpha value is -4.53. The minimum atomic E-state index is -1.15. The zero-order valence-electron chi connectivity index (χ0n) is 22.6. The van der Waals surface area contributed by atoms with Gasteiger partial charge in [0.1, 0.15) is 36.4 Å². The molecule has 0 aliphatic carbocycles. The van der Waals surface area contributed by atoms with E-state index in [1.54, 1.807) is 39.0 Å². The fraction of sp³-hybridized carbons (Fsp3) is 0.300. The van der Waals surface area contributed by atoms with E-state index >= 15 is 0 Å². The molecule has 0 saturated carbocycles. The van der Waals surface area contributed by atoms with Crippen molar-refractivity contribution in [2.45, 2.75) is 45.6 Å². The number of hydrogen-bond donors (Lipinski definition) is 2. The second-order valence-corrected chi connectivity index (χ2v) is 9.67. The fourth-order valence-electron chi connectivity index (χ4n) is 3.43. The Morgan fingerprint density at radius 1 is 0.795 bits per heavy atom. The van der Waals surface area contributed by atoms with Gasteiger partial charge in [-0.3, -0.25) is 4.79 Å². The third-order valence-electron chi connectivity index (χ3n) is 5.28. The van der Waals surface area contributed by atoms with E-state index in [0.717, 1.165) is 11.1 Å². The number of esters is 1. The van der Waals surface area contributed by atoms with E-state index in [1.807, 2.05) is 60.7 Å². The van der Waals surface area contributed by atoms with E-state index in [-0.39, 0.29) is 12.1 Å². The number of nitrogens with one attached hydrogen (secondary N) is 2. The molecule has 0 saturated heterocycles. The Kier molecular flexibility index (Phi) is 10.3. The molecular weight excluding hydrogens is 500 g/mol. The molecule has 0 heterocycles. The number of rotatable bonds is 11. The lowest BCUT2D eigenvalue weighted by Gasteiger charge is -2.22. The monoisotopic (exact) mass is 534 g/mol. The highest BCUT2D eigenvalue weighted by atomic mass is 16.6. The summed E-state index contributed by atoms with van der Waals surface area (Å²) in [5.74, 6) is -0.352. The molecule has 0 aromatic heterocycles. The SMILES string of the molecule is COC(=O)[C@H](CNC(=O)c1cc(OCc2ccccc2)cc(OCc2ccccc2)c1)NC(=O)OC(C)(C)C. The lowest BCUT2D eigenvalue weighted by atomic mass is 10.1. The molecule has 2 N–H and O–H groups in total. The van der Waals surface area contributed by atoms with Gasteiger partial charge >= 0.3 is 12.1 Å². The molecule has 2 amide bonds. The number of ether oxygens (including phenoxy) is 4. The average Bonchev–Trinajstić information content (AvgIpc) is 2.92. The summed E-state index contributed by atoms with van der Waals surface area (Å²) in [5, 5.41) is 5.09. The van der Waals surface area contributed by atoms with Crippen LogP contribution in [0.1, 0.15) is 42.3 Å². The van der Waals surface area contributed by atoms with Crippen molar-refractivity contribution in [1.82, 2.24) is 10.6 Å². The van der Waals surface area contributed by atoms with E-state index < -0.39 is 29.6 Å². The van der Waals surface area contributed by atoms with Crippen LogP contribution in [0.25, 0.3) is 0 Å². The van der Waals surface area contributed by atoms with E-state index in [2.05, 4.69) is 10.6 Å². The molecule has 1 atom stereocenters. The number of carbonyl (C=O) groups is 3. The number of methoxy groups -OCH3 is 1. The third kappa shape index (κ3) is 10.0. The second kappa shape index (κ2) is 13.9. The van der Waals surface area contributed by atoms with Crippen LogP contribution in [0.3, 0.4) is 0 Å². The molecule has 3 aromatic carbocycles. The van der Waals surface area contributed by atoms with Gasteiger partial charge in [-0.15, -0.1) is 0 Å². The van der Waals surface area contributed by atoms with Gasteiger partial charge in [0.15, 0.2) is 0 Å². The highest BCUT2D eigenvalue weighted by molar-refractivity contribution is 5.95. The van der Waals surface area contributed by atoms with Gasteiger partial charge in [0.05, 0.1) is 7.11 Å².